The van der Waals surface area contributed by atoms with Crippen molar-refractivity contribution in [2.24, 2.45) is 0 Å². The molecule has 3 nitrogen and oxygen atoms in total. The molecule has 0 aromatic heterocycles. The lowest BCUT2D eigenvalue weighted by molar-refractivity contribution is -0.118. The Morgan fingerprint density at radius 3 is 2.68 bits per heavy atom. The van der Waals surface area contributed by atoms with E-state index in [1.807, 2.05) is 24.3 Å². The van der Waals surface area contributed by atoms with Gasteiger partial charge in [0.15, 0.2) is 18.2 Å². The van der Waals surface area contributed by atoms with Crippen LogP contribution in [-0.2, 0) is 4.79 Å². The van der Waals surface area contributed by atoms with Gasteiger partial charge >= 0.3 is 0 Å². The lowest BCUT2D eigenvalue weighted by Gasteiger charge is -2.14. The van der Waals surface area contributed by atoms with Crippen molar-refractivity contribution in [2.45, 2.75) is 19.8 Å². The molecule has 1 N–H and O–H groups in total. The Morgan fingerprint density at radius 2 is 2.00 bits per heavy atom. The number of carbonyl (C=O) groups is 1. The van der Waals surface area contributed by atoms with Crippen LogP contribution < -0.4 is 10.1 Å². The number of hydrogen-bond acceptors (Lipinski definition) is 2. The SMILES string of the molecule is CC(C)c1ccccc1NC(=O)COc1ccc(Br)cc1F. The zero-order chi connectivity index (χ0) is 16.1. The number of rotatable bonds is 5. The van der Waals surface area contributed by atoms with E-state index in [2.05, 4.69) is 35.1 Å². The maximum Gasteiger partial charge on any atom is 0.262 e. The Kier molecular flexibility index (Phi) is 5.55. The largest absolute Gasteiger partial charge is 0.481 e. The molecule has 0 saturated carbocycles. The van der Waals surface area contributed by atoms with Crippen LogP contribution in [0.1, 0.15) is 25.3 Å². The Hall–Kier alpha value is -1.88. The average molecular weight is 366 g/mol. The summed E-state index contributed by atoms with van der Waals surface area (Å²) >= 11 is 3.17. The molecule has 2 rings (SSSR count). The van der Waals surface area contributed by atoms with E-state index in [0.717, 1.165) is 11.3 Å². The molecule has 0 atom stereocenters. The molecule has 0 aliphatic carbocycles. The molecule has 116 valence electrons. The number of hydrogen-bond donors (Lipinski definition) is 1. The van der Waals surface area contributed by atoms with Gasteiger partial charge in [-0.05, 0) is 35.7 Å². The minimum absolute atomic E-state index is 0.0514. The first-order valence-corrected chi connectivity index (χ1v) is 7.73. The minimum atomic E-state index is -0.509. The first-order chi connectivity index (χ1) is 10.5. The van der Waals surface area contributed by atoms with Gasteiger partial charge in [0.1, 0.15) is 0 Å². The topological polar surface area (TPSA) is 38.3 Å². The van der Waals surface area contributed by atoms with E-state index in [1.54, 1.807) is 6.07 Å². The summed E-state index contributed by atoms with van der Waals surface area (Å²) in [6, 6.07) is 12.0. The zero-order valence-corrected chi connectivity index (χ0v) is 14.0. The molecule has 0 bridgehead atoms. The van der Waals surface area contributed by atoms with Crippen LogP contribution in [0.4, 0.5) is 10.1 Å². The second-order valence-corrected chi connectivity index (χ2v) is 6.07. The van der Waals surface area contributed by atoms with E-state index in [9.17, 15) is 9.18 Å². The van der Waals surface area contributed by atoms with Gasteiger partial charge in [-0.15, -0.1) is 0 Å². The fourth-order valence-corrected chi connectivity index (χ4v) is 2.37. The number of amides is 1. The standard InChI is InChI=1S/C17H17BrFNO2/c1-11(2)13-5-3-4-6-15(13)20-17(21)10-22-16-8-7-12(18)9-14(16)19/h3-9,11H,10H2,1-2H3,(H,20,21). The van der Waals surface area contributed by atoms with E-state index in [0.29, 0.717) is 10.4 Å². The molecule has 2 aromatic carbocycles. The molecule has 22 heavy (non-hydrogen) atoms. The summed E-state index contributed by atoms with van der Waals surface area (Å²) in [5, 5.41) is 2.80. The summed E-state index contributed by atoms with van der Waals surface area (Å²) in [7, 11) is 0. The van der Waals surface area contributed by atoms with E-state index in [4.69, 9.17) is 4.74 Å². The lowest BCUT2D eigenvalue weighted by Crippen LogP contribution is -2.21. The maximum atomic E-state index is 13.6. The van der Waals surface area contributed by atoms with Crippen molar-refractivity contribution >= 4 is 27.5 Å². The van der Waals surface area contributed by atoms with E-state index >= 15 is 0 Å². The molecular weight excluding hydrogens is 349 g/mol. The third-order valence-electron chi connectivity index (χ3n) is 3.11. The minimum Gasteiger partial charge on any atom is -0.481 e. The molecule has 2 aromatic rings. The predicted molar refractivity (Wildman–Crippen MR) is 88.8 cm³/mol. The number of carbonyl (C=O) groups excluding carboxylic acids is 1. The molecule has 0 spiro atoms. The number of halogens is 2. The van der Waals surface area contributed by atoms with Crippen LogP contribution >= 0.6 is 15.9 Å². The van der Waals surface area contributed by atoms with Crippen molar-refractivity contribution in [3.63, 3.8) is 0 Å². The third kappa shape index (κ3) is 4.31. The van der Waals surface area contributed by atoms with Gasteiger partial charge in [-0.3, -0.25) is 4.79 Å². The normalized spacial score (nSPS) is 10.6. The summed E-state index contributed by atoms with van der Waals surface area (Å²) < 4.78 is 19.4. The fraction of sp³-hybridized carbons (Fsp3) is 0.235. The second-order valence-electron chi connectivity index (χ2n) is 5.15. The second kappa shape index (κ2) is 7.40. The van der Waals surface area contributed by atoms with Gasteiger partial charge in [0.2, 0.25) is 0 Å². The Bertz CT molecular complexity index is 673. The number of anilines is 1. The maximum absolute atomic E-state index is 13.6. The Balaban J connectivity index is 1.99. The van der Waals surface area contributed by atoms with E-state index in [-0.39, 0.29) is 18.3 Å². The van der Waals surface area contributed by atoms with Gasteiger partial charge < -0.3 is 10.1 Å². The van der Waals surface area contributed by atoms with Gasteiger partial charge in [0, 0.05) is 10.2 Å². The number of benzene rings is 2. The highest BCUT2D eigenvalue weighted by Gasteiger charge is 2.11. The summed E-state index contributed by atoms with van der Waals surface area (Å²) in [6.45, 7) is 3.86. The summed E-state index contributed by atoms with van der Waals surface area (Å²) in [5.74, 6) is -0.489. The summed E-state index contributed by atoms with van der Waals surface area (Å²) in [5.41, 5.74) is 1.80. The number of ether oxygens (including phenoxy) is 1. The molecule has 0 fully saturated rings. The van der Waals surface area contributed by atoms with Crippen molar-refractivity contribution in [3.8, 4) is 5.75 Å². The van der Waals surface area contributed by atoms with Crippen LogP contribution in [0.2, 0.25) is 0 Å². The van der Waals surface area contributed by atoms with Gasteiger partial charge in [-0.25, -0.2) is 4.39 Å². The Morgan fingerprint density at radius 1 is 1.27 bits per heavy atom. The van der Waals surface area contributed by atoms with Crippen LogP contribution in [-0.4, -0.2) is 12.5 Å². The van der Waals surface area contributed by atoms with Crippen LogP contribution in [0.25, 0.3) is 0 Å². The van der Waals surface area contributed by atoms with Crippen LogP contribution in [0, 0.1) is 5.82 Å². The molecule has 0 aliphatic heterocycles. The van der Waals surface area contributed by atoms with Gasteiger partial charge in [-0.2, -0.15) is 0 Å². The molecule has 0 unspecified atom stereocenters. The van der Waals surface area contributed by atoms with Gasteiger partial charge in [0.25, 0.3) is 5.91 Å². The highest BCUT2D eigenvalue weighted by Crippen LogP contribution is 2.24. The van der Waals surface area contributed by atoms with E-state index in [1.165, 1.54) is 12.1 Å². The molecule has 0 heterocycles. The molecule has 1 amide bonds. The van der Waals surface area contributed by atoms with Gasteiger partial charge in [0.05, 0.1) is 0 Å². The van der Waals surface area contributed by atoms with Crippen LogP contribution in [0.15, 0.2) is 46.9 Å². The van der Waals surface area contributed by atoms with E-state index < -0.39 is 5.82 Å². The molecule has 0 radical (unpaired) electrons. The fourth-order valence-electron chi connectivity index (χ4n) is 2.04. The lowest BCUT2D eigenvalue weighted by atomic mass is 10.0. The highest BCUT2D eigenvalue weighted by molar-refractivity contribution is 9.10. The Labute approximate surface area is 137 Å². The van der Waals surface area contributed by atoms with Crippen molar-refractivity contribution in [2.75, 3.05) is 11.9 Å². The number of nitrogens with one attached hydrogen (secondary N) is 1. The van der Waals surface area contributed by atoms with Crippen molar-refractivity contribution < 1.29 is 13.9 Å². The molecular formula is C17H17BrFNO2. The van der Waals surface area contributed by atoms with Crippen molar-refractivity contribution in [1.82, 2.24) is 0 Å². The first kappa shape index (κ1) is 16.5. The van der Waals surface area contributed by atoms with Crippen LogP contribution in [0.3, 0.4) is 0 Å². The predicted octanol–water partition coefficient (Wildman–Crippen LogP) is 4.73. The average Bonchev–Trinajstić information content (AvgIpc) is 2.46. The molecule has 0 aliphatic rings. The highest BCUT2D eigenvalue weighted by atomic mass is 79.9. The summed E-state index contributed by atoms with van der Waals surface area (Å²) in [6.07, 6.45) is 0. The van der Waals surface area contributed by atoms with Crippen molar-refractivity contribution in [1.29, 1.82) is 0 Å². The quantitative estimate of drug-likeness (QED) is 0.831. The van der Waals surface area contributed by atoms with Crippen LogP contribution in [0.5, 0.6) is 5.75 Å². The smallest absolute Gasteiger partial charge is 0.262 e. The summed E-state index contributed by atoms with van der Waals surface area (Å²) in [4.78, 5) is 12.0. The van der Waals surface area contributed by atoms with Gasteiger partial charge in [-0.1, -0.05) is 48.0 Å². The first-order valence-electron chi connectivity index (χ1n) is 6.94. The number of para-hydroxylation sites is 1. The van der Waals surface area contributed by atoms with Crippen molar-refractivity contribution in [3.05, 3.63) is 58.3 Å². The molecule has 5 heteroatoms. The monoisotopic (exact) mass is 365 g/mol. The third-order valence-corrected chi connectivity index (χ3v) is 3.60. The zero-order valence-electron chi connectivity index (χ0n) is 12.4. The molecule has 0 saturated heterocycles.